The number of aromatic nitrogens is 2. The zero-order valence-corrected chi connectivity index (χ0v) is 10.8. The van der Waals surface area contributed by atoms with Crippen molar-refractivity contribution in [3.8, 4) is 11.3 Å². The quantitative estimate of drug-likeness (QED) is 0.876. The van der Waals surface area contributed by atoms with Crippen molar-refractivity contribution in [2.45, 2.75) is 19.6 Å². The van der Waals surface area contributed by atoms with Gasteiger partial charge in [-0.1, -0.05) is 24.3 Å². The van der Waals surface area contributed by atoms with Crippen molar-refractivity contribution in [2.75, 3.05) is 6.61 Å². The molecule has 1 unspecified atom stereocenters. The Morgan fingerprint density at radius 2 is 2.11 bits per heavy atom. The maximum atomic E-state index is 5.67. The molecular weight excluding hydrogens is 226 g/mol. The first kappa shape index (κ1) is 12.8. The first-order chi connectivity index (χ1) is 8.68. The van der Waals surface area contributed by atoms with Gasteiger partial charge in [-0.25, -0.2) is 0 Å². The molecule has 2 rings (SSSR count). The zero-order chi connectivity index (χ0) is 13.0. The maximum Gasteiger partial charge on any atom is 0.0724 e. The highest BCUT2D eigenvalue weighted by molar-refractivity contribution is 5.63. The second-order valence-corrected chi connectivity index (χ2v) is 4.49. The Bertz CT molecular complexity index is 505. The summed E-state index contributed by atoms with van der Waals surface area (Å²) in [7, 11) is 1.94. The van der Waals surface area contributed by atoms with E-state index in [-0.39, 0.29) is 6.04 Å². The van der Waals surface area contributed by atoms with Crippen LogP contribution in [0, 0.1) is 0 Å². The van der Waals surface area contributed by atoms with Crippen molar-refractivity contribution >= 4 is 0 Å². The lowest BCUT2D eigenvalue weighted by Gasteiger charge is -2.11. The summed E-state index contributed by atoms with van der Waals surface area (Å²) in [5.41, 5.74) is 9.08. The van der Waals surface area contributed by atoms with Gasteiger partial charge in [0.2, 0.25) is 0 Å². The van der Waals surface area contributed by atoms with Crippen LogP contribution in [-0.4, -0.2) is 22.4 Å². The van der Waals surface area contributed by atoms with Crippen LogP contribution < -0.4 is 5.73 Å². The van der Waals surface area contributed by atoms with Crippen LogP contribution in [0.3, 0.4) is 0 Å². The molecule has 18 heavy (non-hydrogen) atoms. The predicted octanol–water partition coefficient (Wildman–Crippen LogP) is 1.95. The molecule has 0 amide bonds. The van der Waals surface area contributed by atoms with E-state index in [9.17, 15) is 0 Å². The van der Waals surface area contributed by atoms with E-state index in [4.69, 9.17) is 10.5 Å². The van der Waals surface area contributed by atoms with Crippen molar-refractivity contribution < 1.29 is 4.74 Å². The van der Waals surface area contributed by atoms with E-state index in [1.807, 2.05) is 36.9 Å². The molecule has 0 spiro atoms. The molecule has 2 N–H and O–H groups in total. The summed E-state index contributed by atoms with van der Waals surface area (Å²) in [5.74, 6) is 0. The molecule has 4 heteroatoms. The van der Waals surface area contributed by atoms with Gasteiger partial charge in [-0.3, -0.25) is 4.68 Å². The molecule has 1 atom stereocenters. The van der Waals surface area contributed by atoms with Gasteiger partial charge in [0, 0.05) is 24.8 Å². The summed E-state index contributed by atoms with van der Waals surface area (Å²) < 4.78 is 7.47. The third kappa shape index (κ3) is 2.97. The molecule has 0 fully saturated rings. The van der Waals surface area contributed by atoms with Crippen LogP contribution in [0.5, 0.6) is 0 Å². The first-order valence-electron chi connectivity index (χ1n) is 6.08. The van der Waals surface area contributed by atoms with Gasteiger partial charge in [0.1, 0.15) is 0 Å². The Morgan fingerprint density at radius 1 is 1.33 bits per heavy atom. The number of benzene rings is 1. The largest absolute Gasteiger partial charge is 0.375 e. The summed E-state index contributed by atoms with van der Waals surface area (Å²) in [5, 5.41) is 4.20. The maximum absolute atomic E-state index is 5.67. The molecule has 1 aromatic heterocycles. The van der Waals surface area contributed by atoms with Gasteiger partial charge >= 0.3 is 0 Å². The third-order valence-corrected chi connectivity index (χ3v) is 2.75. The molecular formula is C14H19N3O. The van der Waals surface area contributed by atoms with Crippen molar-refractivity contribution in [2.24, 2.45) is 12.8 Å². The standard InChI is InChI=1S/C14H19N3O/c1-11(15)9-18-10-12-5-3-4-6-13(12)14-7-8-16-17(14)2/h3-8,11H,9-10,15H2,1-2H3. The minimum absolute atomic E-state index is 0.0638. The summed E-state index contributed by atoms with van der Waals surface area (Å²) >= 11 is 0. The Morgan fingerprint density at radius 3 is 2.78 bits per heavy atom. The van der Waals surface area contributed by atoms with Gasteiger partial charge in [0.15, 0.2) is 0 Å². The highest BCUT2D eigenvalue weighted by atomic mass is 16.5. The molecule has 0 saturated heterocycles. The Labute approximate surface area is 107 Å². The number of aryl methyl sites for hydroxylation is 1. The van der Waals surface area contributed by atoms with E-state index in [1.54, 1.807) is 6.20 Å². The molecule has 0 saturated carbocycles. The second-order valence-electron chi connectivity index (χ2n) is 4.49. The number of nitrogens with zero attached hydrogens (tertiary/aromatic N) is 2. The molecule has 1 heterocycles. The summed E-state index contributed by atoms with van der Waals surface area (Å²) in [4.78, 5) is 0. The highest BCUT2D eigenvalue weighted by Gasteiger charge is 2.08. The van der Waals surface area contributed by atoms with E-state index in [0.29, 0.717) is 13.2 Å². The van der Waals surface area contributed by atoms with Crippen LogP contribution in [0.25, 0.3) is 11.3 Å². The van der Waals surface area contributed by atoms with E-state index in [1.165, 1.54) is 0 Å². The van der Waals surface area contributed by atoms with E-state index >= 15 is 0 Å². The Balaban J connectivity index is 2.18. The molecule has 0 aliphatic heterocycles. The molecule has 2 aromatic rings. The van der Waals surface area contributed by atoms with Gasteiger partial charge < -0.3 is 10.5 Å². The van der Waals surface area contributed by atoms with Gasteiger partial charge in [-0.05, 0) is 18.6 Å². The van der Waals surface area contributed by atoms with Crippen LogP contribution in [0.4, 0.5) is 0 Å². The van der Waals surface area contributed by atoms with E-state index in [2.05, 4.69) is 17.2 Å². The minimum Gasteiger partial charge on any atom is -0.375 e. The fraction of sp³-hybridized carbons (Fsp3) is 0.357. The van der Waals surface area contributed by atoms with Crippen molar-refractivity contribution in [3.05, 3.63) is 42.1 Å². The molecule has 0 bridgehead atoms. The molecule has 1 aromatic carbocycles. The van der Waals surface area contributed by atoms with Crippen LogP contribution in [0.1, 0.15) is 12.5 Å². The van der Waals surface area contributed by atoms with Crippen LogP contribution >= 0.6 is 0 Å². The normalized spacial score (nSPS) is 12.6. The average Bonchev–Trinajstić information content (AvgIpc) is 2.76. The first-order valence-corrected chi connectivity index (χ1v) is 6.08. The molecule has 0 radical (unpaired) electrons. The lowest BCUT2D eigenvalue weighted by molar-refractivity contribution is 0.112. The smallest absolute Gasteiger partial charge is 0.0724 e. The predicted molar refractivity (Wildman–Crippen MR) is 71.9 cm³/mol. The highest BCUT2D eigenvalue weighted by Crippen LogP contribution is 2.23. The van der Waals surface area contributed by atoms with Crippen LogP contribution in [0.15, 0.2) is 36.5 Å². The Kier molecular flexibility index (Phi) is 4.12. The number of nitrogens with two attached hydrogens (primary N) is 1. The zero-order valence-electron chi connectivity index (χ0n) is 10.8. The minimum atomic E-state index is 0.0638. The number of rotatable bonds is 5. The van der Waals surface area contributed by atoms with Crippen LogP contribution in [-0.2, 0) is 18.4 Å². The molecule has 0 aliphatic rings. The Hall–Kier alpha value is -1.65. The molecule has 4 nitrogen and oxygen atoms in total. The number of hydrogen-bond acceptors (Lipinski definition) is 3. The summed E-state index contributed by atoms with van der Waals surface area (Å²) in [6.07, 6.45) is 1.80. The van der Waals surface area contributed by atoms with Gasteiger partial charge in [-0.15, -0.1) is 0 Å². The number of ether oxygens (including phenoxy) is 1. The second kappa shape index (κ2) is 5.80. The fourth-order valence-corrected chi connectivity index (χ4v) is 1.89. The molecule has 96 valence electrons. The third-order valence-electron chi connectivity index (χ3n) is 2.75. The fourth-order valence-electron chi connectivity index (χ4n) is 1.89. The van der Waals surface area contributed by atoms with E-state index in [0.717, 1.165) is 16.8 Å². The molecule has 0 aliphatic carbocycles. The number of hydrogen-bond donors (Lipinski definition) is 1. The summed E-state index contributed by atoms with van der Waals surface area (Å²) in [6.45, 7) is 3.08. The summed E-state index contributed by atoms with van der Waals surface area (Å²) in [6, 6.07) is 10.3. The topological polar surface area (TPSA) is 53.1 Å². The van der Waals surface area contributed by atoms with Gasteiger partial charge in [0.05, 0.1) is 18.9 Å². The van der Waals surface area contributed by atoms with Gasteiger partial charge in [0.25, 0.3) is 0 Å². The van der Waals surface area contributed by atoms with E-state index < -0.39 is 0 Å². The van der Waals surface area contributed by atoms with Gasteiger partial charge in [-0.2, -0.15) is 5.10 Å². The lowest BCUT2D eigenvalue weighted by Crippen LogP contribution is -2.21. The van der Waals surface area contributed by atoms with Crippen LogP contribution in [0.2, 0.25) is 0 Å². The lowest BCUT2D eigenvalue weighted by atomic mass is 10.1. The SMILES string of the molecule is CC(N)COCc1ccccc1-c1ccnn1C. The monoisotopic (exact) mass is 245 g/mol. The average molecular weight is 245 g/mol. The van der Waals surface area contributed by atoms with Crippen molar-refractivity contribution in [3.63, 3.8) is 0 Å². The van der Waals surface area contributed by atoms with Crippen molar-refractivity contribution in [1.29, 1.82) is 0 Å². The van der Waals surface area contributed by atoms with Crippen molar-refractivity contribution in [1.82, 2.24) is 9.78 Å².